The first kappa shape index (κ1) is 26.2. The molecule has 8 nitrogen and oxygen atoms in total. The van der Waals surface area contributed by atoms with Gasteiger partial charge >= 0.3 is 11.9 Å². The molecule has 3 aliphatic rings. The molecule has 2 N–H and O–H groups in total. The first-order valence-corrected chi connectivity index (χ1v) is 13.3. The number of phenolic OH excluding ortho intramolecular Hbond substituents is 2. The van der Waals surface area contributed by atoms with Crippen LogP contribution in [0.4, 0.5) is 0 Å². The summed E-state index contributed by atoms with van der Waals surface area (Å²) >= 11 is 0. The molecule has 0 aromatic heterocycles. The zero-order chi connectivity index (χ0) is 27.1. The van der Waals surface area contributed by atoms with Crippen LogP contribution in [0.15, 0.2) is 24.3 Å². The molecule has 0 heterocycles. The number of methoxy groups -OCH3 is 2. The van der Waals surface area contributed by atoms with Crippen LogP contribution in [0.25, 0.3) is 0 Å². The fraction of sp³-hybridized carbons (Fsp3) is 0.533. The number of phenols is 2. The number of carbonyl (C=O) groups is 2. The maximum Gasteiger partial charge on any atom is 0.302 e. The van der Waals surface area contributed by atoms with Crippen molar-refractivity contribution in [2.45, 2.75) is 70.5 Å². The van der Waals surface area contributed by atoms with Crippen molar-refractivity contribution in [3.63, 3.8) is 0 Å². The van der Waals surface area contributed by atoms with Gasteiger partial charge in [0.1, 0.15) is 12.2 Å². The Hall–Kier alpha value is -3.42. The van der Waals surface area contributed by atoms with Crippen molar-refractivity contribution >= 4 is 11.9 Å². The first-order valence-electron chi connectivity index (χ1n) is 13.3. The average molecular weight is 525 g/mol. The van der Waals surface area contributed by atoms with Crippen molar-refractivity contribution in [1.82, 2.24) is 0 Å². The number of fused-ring (bicyclic) bond motifs is 6. The molecular weight excluding hydrogens is 488 g/mol. The highest BCUT2D eigenvalue weighted by atomic mass is 16.6. The molecule has 1 saturated carbocycles. The van der Waals surface area contributed by atoms with Crippen LogP contribution in [-0.4, -0.2) is 48.6 Å². The monoisotopic (exact) mass is 524 g/mol. The van der Waals surface area contributed by atoms with E-state index < -0.39 is 12.2 Å². The van der Waals surface area contributed by atoms with Crippen LogP contribution in [0.1, 0.15) is 61.3 Å². The summed E-state index contributed by atoms with van der Waals surface area (Å²) < 4.78 is 22.6. The average Bonchev–Trinajstić information content (AvgIpc) is 2.85. The predicted octanol–water partition coefficient (Wildman–Crippen LogP) is 4.45. The van der Waals surface area contributed by atoms with Crippen LogP contribution in [0.2, 0.25) is 0 Å². The number of rotatable bonds is 4. The van der Waals surface area contributed by atoms with Gasteiger partial charge in [-0.15, -0.1) is 0 Å². The summed E-state index contributed by atoms with van der Waals surface area (Å²) in [5.74, 6) is 0.843. The Balaban J connectivity index is 1.62. The second kappa shape index (κ2) is 10.4. The summed E-state index contributed by atoms with van der Waals surface area (Å²) in [5.41, 5.74) is 4.34. The number of carbonyl (C=O) groups excluding carboxylic acids is 2. The number of hydrogen-bond acceptors (Lipinski definition) is 8. The third kappa shape index (κ3) is 4.88. The van der Waals surface area contributed by atoms with Crippen LogP contribution < -0.4 is 9.47 Å². The Labute approximate surface area is 222 Å². The third-order valence-corrected chi connectivity index (χ3v) is 8.76. The van der Waals surface area contributed by atoms with E-state index in [4.69, 9.17) is 18.9 Å². The maximum atomic E-state index is 12.2. The van der Waals surface area contributed by atoms with E-state index in [9.17, 15) is 19.8 Å². The van der Waals surface area contributed by atoms with Gasteiger partial charge in [-0.2, -0.15) is 0 Å². The summed E-state index contributed by atoms with van der Waals surface area (Å²) in [4.78, 5) is 24.4. The van der Waals surface area contributed by atoms with E-state index in [1.807, 2.05) is 12.1 Å². The Morgan fingerprint density at radius 3 is 2.03 bits per heavy atom. The summed E-state index contributed by atoms with van der Waals surface area (Å²) in [5, 5.41) is 21.0. The number of hydrogen-bond donors (Lipinski definition) is 2. The van der Waals surface area contributed by atoms with E-state index >= 15 is 0 Å². The Bertz CT molecular complexity index is 1240. The summed E-state index contributed by atoms with van der Waals surface area (Å²) in [6, 6.07) is 7.41. The molecule has 0 radical (unpaired) electrons. The van der Waals surface area contributed by atoms with Gasteiger partial charge in [-0.3, -0.25) is 9.59 Å². The quantitative estimate of drug-likeness (QED) is 0.565. The van der Waals surface area contributed by atoms with Gasteiger partial charge in [0, 0.05) is 26.2 Å². The molecule has 6 atom stereocenters. The van der Waals surface area contributed by atoms with Crippen LogP contribution in [-0.2, 0) is 38.3 Å². The van der Waals surface area contributed by atoms with Gasteiger partial charge < -0.3 is 29.2 Å². The highest BCUT2D eigenvalue weighted by Crippen LogP contribution is 2.53. The van der Waals surface area contributed by atoms with Crippen molar-refractivity contribution in [2.24, 2.45) is 17.8 Å². The smallest absolute Gasteiger partial charge is 0.302 e. The predicted molar refractivity (Wildman–Crippen MR) is 139 cm³/mol. The zero-order valence-corrected chi connectivity index (χ0v) is 22.4. The minimum absolute atomic E-state index is 0.00654. The lowest BCUT2D eigenvalue weighted by atomic mass is 9.58. The summed E-state index contributed by atoms with van der Waals surface area (Å²) in [7, 11) is 3.07. The van der Waals surface area contributed by atoms with Gasteiger partial charge in [0.25, 0.3) is 0 Å². The van der Waals surface area contributed by atoms with E-state index in [1.54, 1.807) is 19.2 Å². The van der Waals surface area contributed by atoms with E-state index in [0.29, 0.717) is 30.8 Å². The highest BCUT2D eigenvalue weighted by Gasteiger charge is 2.48. The number of aryl methyl sites for hydroxylation is 1. The lowest BCUT2D eigenvalue weighted by Crippen LogP contribution is -2.47. The first-order chi connectivity index (χ1) is 18.2. The molecule has 38 heavy (non-hydrogen) atoms. The van der Waals surface area contributed by atoms with Crippen LogP contribution in [0.5, 0.6) is 23.0 Å². The Morgan fingerprint density at radius 1 is 0.763 bits per heavy atom. The van der Waals surface area contributed by atoms with Gasteiger partial charge in [0.05, 0.1) is 14.2 Å². The van der Waals surface area contributed by atoms with Gasteiger partial charge in [-0.05, 0) is 96.4 Å². The summed E-state index contributed by atoms with van der Waals surface area (Å²) in [6.45, 7) is 2.83. The topological polar surface area (TPSA) is 112 Å². The number of benzene rings is 2. The lowest BCUT2D eigenvalue weighted by Gasteiger charge is -2.49. The van der Waals surface area contributed by atoms with Gasteiger partial charge in [0.2, 0.25) is 0 Å². The van der Waals surface area contributed by atoms with Crippen LogP contribution in [0.3, 0.4) is 0 Å². The largest absolute Gasteiger partial charge is 0.504 e. The second-order valence-corrected chi connectivity index (χ2v) is 10.9. The molecule has 5 rings (SSSR count). The van der Waals surface area contributed by atoms with E-state index in [0.717, 1.165) is 41.5 Å². The molecule has 0 saturated heterocycles. The van der Waals surface area contributed by atoms with Gasteiger partial charge in [-0.1, -0.05) is 0 Å². The SMILES string of the molecule is COc1cc2c(cc1O)C[C@@H]1[C@H]3CCc4cc(O)c(OC)cc4[C@H]3C[C@H](OC(C)=O)C[C@@H](OC(C)=O)[C@H]1C2. The van der Waals surface area contributed by atoms with Crippen molar-refractivity contribution in [3.8, 4) is 23.0 Å². The van der Waals surface area contributed by atoms with Crippen LogP contribution >= 0.6 is 0 Å². The van der Waals surface area contributed by atoms with Crippen molar-refractivity contribution in [3.05, 3.63) is 46.5 Å². The fourth-order valence-electron chi connectivity index (χ4n) is 7.30. The molecule has 0 unspecified atom stereocenters. The molecule has 204 valence electrons. The zero-order valence-electron chi connectivity index (χ0n) is 22.4. The molecule has 2 aromatic carbocycles. The van der Waals surface area contributed by atoms with E-state index in [-0.39, 0.29) is 47.1 Å². The maximum absolute atomic E-state index is 12.2. The van der Waals surface area contributed by atoms with Crippen molar-refractivity contribution in [1.29, 1.82) is 0 Å². The summed E-state index contributed by atoms with van der Waals surface area (Å²) in [6.07, 6.45) is 3.26. The molecule has 8 heteroatoms. The fourth-order valence-corrected chi connectivity index (χ4v) is 7.30. The van der Waals surface area contributed by atoms with Gasteiger partial charge in [0.15, 0.2) is 23.0 Å². The molecule has 0 spiro atoms. The molecule has 2 aromatic rings. The molecule has 3 aliphatic carbocycles. The Kier molecular flexibility index (Phi) is 7.16. The second-order valence-electron chi connectivity index (χ2n) is 10.9. The minimum atomic E-state index is -0.424. The molecule has 0 aliphatic heterocycles. The van der Waals surface area contributed by atoms with Crippen molar-refractivity contribution < 1.29 is 38.7 Å². The van der Waals surface area contributed by atoms with Crippen LogP contribution in [0, 0.1) is 17.8 Å². The number of ether oxygens (including phenoxy) is 4. The minimum Gasteiger partial charge on any atom is -0.504 e. The van der Waals surface area contributed by atoms with E-state index in [2.05, 4.69) is 0 Å². The van der Waals surface area contributed by atoms with Crippen molar-refractivity contribution in [2.75, 3.05) is 14.2 Å². The van der Waals surface area contributed by atoms with Gasteiger partial charge in [-0.25, -0.2) is 0 Å². The lowest BCUT2D eigenvalue weighted by molar-refractivity contribution is -0.160. The molecule has 0 bridgehead atoms. The Morgan fingerprint density at radius 2 is 1.37 bits per heavy atom. The molecular formula is C30H36O8. The normalized spacial score (nSPS) is 27.8. The highest BCUT2D eigenvalue weighted by molar-refractivity contribution is 5.67. The number of aromatic hydroxyl groups is 2. The number of esters is 2. The standard InChI is InChI=1S/C30H36O8/c1-15(31)37-20-12-24-21(6-5-17-9-26(33)30(36-4)14-22(17)24)23-7-18-10-27(34)29(35-3)11-19(18)8-25(23)28(13-20)38-16(2)32/h9-11,14,20-21,23-25,28,33-34H,5-8,12-13H2,1-4H3/t20-,21+,23+,24-,25-,28+/m0/s1. The molecule has 0 amide bonds. The van der Waals surface area contributed by atoms with E-state index in [1.165, 1.54) is 21.0 Å². The molecule has 1 fully saturated rings. The third-order valence-electron chi connectivity index (χ3n) is 8.76.